The van der Waals surface area contributed by atoms with E-state index in [2.05, 4.69) is 6.58 Å². The molecule has 2 aromatic carbocycles. The number of carbonyl (C=O) groups excluding carboxylic acids is 1. The summed E-state index contributed by atoms with van der Waals surface area (Å²) in [6.07, 6.45) is 1.79. The van der Waals surface area contributed by atoms with Gasteiger partial charge in [-0.2, -0.15) is 0 Å². The van der Waals surface area contributed by atoms with Crippen LogP contribution in [-0.4, -0.2) is 15.9 Å². The van der Waals surface area contributed by atoms with Crippen LogP contribution in [-0.2, 0) is 21.3 Å². The lowest BCUT2D eigenvalue weighted by atomic mass is 9.99. The molecule has 0 saturated carbocycles. The number of benzene rings is 2. The smallest absolute Gasteiger partial charge is 0.230 e. The molecule has 0 heterocycles. The Balaban J connectivity index is 2.29. The normalized spacial score (nSPS) is 11.8. The van der Waals surface area contributed by atoms with Crippen LogP contribution in [0, 0.1) is 0 Å². The summed E-state index contributed by atoms with van der Waals surface area (Å²) in [6, 6.07) is 15.7. The number of hydrogen-bond donors (Lipinski definition) is 1. The van der Waals surface area contributed by atoms with Crippen molar-refractivity contribution in [3.8, 4) is 11.1 Å². The van der Waals surface area contributed by atoms with Crippen LogP contribution in [0.3, 0.4) is 0 Å². The van der Waals surface area contributed by atoms with Crippen LogP contribution in [0.4, 0.5) is 0 Å². The predicted octanol–water partition coefficient (Wildman–Crippen LogP) is 2.73. The topological polar surface area (TPSA) is 60.2 Å². The molecular formula is C17H17NO2S. The number of amides is 1. The standard InChI is InChI=1S/C17H17NO2S/c1-2-13-7-9-14(10-8-13)16-6-4-3-5-15(16)11-21(20)12-17(18)19/h2-10H,1,11-12H2,(H2,18,19)/t21-/m1/s1. The Morgan fingerprint density at radius 3 is 2.43 bits per heavy atom. The number of primary amides is 1. The Hall–Kier alpha value is -2.20. The highest BCUT2D eigenvalue weighted by molar-refractivity contribution is 7.84. The Kier molecular flexibility index (Phi) is 5.06. The van der Waals surface area contributed by atoms with Crippen LogP contribution in [0.1, 0.15) is 11.1 Å². The van der Waals surface area contributed by atoms with Gasteiger partial charge < -0.3 is 5.73 Å². The molecule has 0 bridgehead atoms. The van der Waals surface area contributed by atoms with Gasteiger partial charge in [0.1, 0.15) is 5.75 Å². The largest absolute Gasteiger partial charge is 0.369 e. The van der Waals surface area contributed by atoms with E-state index < -0.39 is 16.7 Å². The second-order valence-electron chi connectivity index (χ2n) is 4.68. The molecule has 0 unspecified atom stereocenters. The quantitative estimate of drug-likeness (QED) is 0.891. The third-order valence-corrected chi connectivity index (χ3v) is 4.33. The Labute approximate surface area is 126 Å². The van der Waals surface area contributed by atoms with Crippen LogP contribution in [0.2, 0.25) is 0 Å². The Bertz CT molecular complexity index is 677. The van der Waals surface area contributed by atoms with Gasteiger partial charge in [0.2, 0.25) is 5.91 Å². The Morgan fingerprint density at radius 1 is 1.14 bits per heavy atom. The summed E-state index contributed by atoms with van der Waals surface area (Å²) in [4.78, 5) is 10.8. The highest BCUT2D eigenvalue weighted by Crippen LogP contribution is 2.25. The van der Waals surface area contributed by atoms with E-state index in [0.717, 1.165) is 22.3 Å². The minimum Gasteiger partial charge on any atom is -0.369 e. The molecule has 1 amide bonds. The highest BCUT2D eigenvalue weighted by atomic mass is 32.2. The van der Waals surface area contributed by atoms with E-state index in [1.165, 1.54) is 0 Å². The highest BCUT2D eigenvalue weighted by Gasteiger charge is 2.10. The van der Waals surface area contributed by atoms with E-state index in [0.29, 0.717) is 5.75 Å². The molecule has 0 aromatic heterocycles. The SMILES string of the molecule is C=Cc1ccc(-c2ccccc2C[S@@](=O)CC(N)=O)cc1. The van der Waals surface area contributed by atoms with E-state index in [9.17, 15) is 9.00 Å². The third kappa shape index (κ3) is 4.13. The van der Waals surface area contributed by atoms with Crippen LogP contribution >= 0.6 is 0 Å². The van der Waals surface area contributed by atoms with E-state index in [-0.39, 0.29) is 5.75 Å². The first-order valence-electron chi connectivity index (χ1n) is 6.54. The molecule has 3 nitrogen and oxygen atoms in total. The maximum absolute atomic E-state index is 11.9. The van der Waals surface area contributed by atoms with Crippen LogP contribution < -0.4 is 5.73 Å². The summed E-state index contributed by atoms with van der Waals surface area (Å²) in [6.45, 7) is 3.73. The summed E-state index contributed by atoms with van der Waals surface area (Å²) in [7, 11) is -1.28. The summed E-state index contributed by atoms with van der Waals surface area (Å²) < 4.78 is 11.9. The van der Waals surface area contributed by atoms with E-state index in [4.69, 9.17) is 5.73 Å². The first-order valence-corrected chi connectivity index (χ1v) is 8.03. The fourth-order valence-corrected chi connectivity index (χ4v) is 3.13. The monoisotopic (exact) mass is 299 g/mol. The zero-order valence-corrected chi connectivity index (χ0v) is 12.4. The molecular weight excluding hydrogens is 282 g/mol. The lowest BCUT2D eigenvalue weighted by Crippen LogP contribution is -2.20. The second-order valence-corrected chi connectivity index (χ2v) is 6.14. The van der Waals surface area contributed by atoms with Gasteiger partial charge in [-0.15, -0.1) is 0 Å². The molecule has 0 spiro atoms. The fraction of sp³-hybridized carbons (Fsp3) is 0.118. The number of nitrogens with two attached hydrogens (primary N) is 1. The first kappa shape index (κ1) is 15.2. The van der Waals surface area contributed by atoms with Crippen molar-refractivity contribution in [2.75, 3.05) is 5.75 Å². The average Bonchev–Trinajstić information content (AvgIpc) is 2.47. The lowest BCUT2D eigenvalue weighted by Gasteiger charge is -2.09. The zero-order valence-electron chi connectivity index (χ0n) is 11.6. The summed E-state index contributed by atoms with van der Waals surface area (Å²) in [5.74, 6) is -0.326. The molecule has 0 aliphatic heterocycles. The first-order chi connectivity index (χ1) is 10.1. The molecule has 2 aromatic rings. The second kappa shape index (κ2) is 6.99. The lowest BCUT2D eigenvalue weighted by molar-refractivity contribution is -0.115. The van der Waals surface area contributed by atoms with Crippen molar-refractivity contribution in [2.24, 2.45) is 5.73 Å². The molecule has 0 aliphatic carbocycles. The molecule has 0 aliphatic rings. The van der Waals surface area contributed by atoms with Gasteiger partial charge >= 0.3 is 0 Å². The van der Waals surface area contributed by atoms with Gasteiger partial charge in [0.25, 0.3) is 0 Å². The molecule has 4 heteroatoms. The number of rotatable bonds is 6. The molecule has 0 radical (unpaired) electrons. The molecule has 0 fully saturated rings. The molecule has 2 N–H and O–H groups in total. The summed E-state index contributed by atoms with van der Waals surface area (Å²) >= 11 is 0. The molecule has 1 atom stereocenters. The van der Waals surface area contributed by atoms with Gasteiger partial charge in [-0.05, 0) is 22.3 Å². The maximum atomic E-state index is 11.9. The van der Waals surface area contributed by atoms with E-state index in [1.54, 1.807) is 6.08 Å². The van der Waals surface area contributed by atoms with Crippen LogP contribution in [0.5, 0.6) is 0 Å². The van der Waals surface area contributed by atoms with Crippen molar-refractivity contribution in [3.05, 3.63) is 66.2 Å². The summed E-state index contributed by atoms with van der Waals surface area (Å²) in [5.41, 5.74) is 9.15. The van der Waals surface area contributed by atoms with Crippen molar-refractivity contribution in [1.29, 1.82) is 0 Å². The van der Waals surface area contributed by atoms with Gasteiger partial charge in [0, 0.05) is 16.6 Å². The van der Waals surface area contributed by atoms with E-state index >= 15 is 0 Å². The van der Waals surface area contributed by atoms with Gasteiger partial charge in [0.05, 0.1) is 0 Å². The molecule has 108 valence electrons. The minimum atomic E-state index is -1.28. The van der Waals surface area contributed by atoms with Gasteiger partial charge in [-0.1, -0.05) is 61.2 Å². The van der Waals surface area contributed by atoms with Gasteiger partial charge in [0.15, 0.2) is 0 Å². The van der Waals surface area contributed by atoms with Gasteiger partial charge in [-0.25, -0.2) is 0 Å². The average molecular weight is 299 g/mol. The molecule has 2 rings (SSSR count). The zero-order chi connectivity index (χ0) is 15.2. The number of carbonyl (C=O) groups is 1. The third-order valence-electron chi connectivity index (χ3n) is 3.09. The minimum absolute atomic E-state index is 0.107. The number of hydrogen-bond acceptors (Lipinski definition) is 2. The van der Waals surface area contributed by atoms with E-state index in [1.807, 2.05) is 48.5 Å². The van der Waals surface area contributed by atoms with Crippen LogP contribution in [0.15, 0.2) is 55.1 Å². The van der Waals surface area contributed by atoms with Gasteiger partial charge in [-0.3, -0.25) is 9.00 Å². The van der Waals surface area contributed by atoms with Crippen molar-refractivity contribution >= 4 is 22.8 Å². The Morgan fingerprint density at radius 2 is 1.81 bits per heavy atom. The maximum Gasteiger partial charge on any atom is 0.230 e. The fourth-order valence-electron chi connectivity index (χ4n) is 2.11. The predicted molar refractivity (Wildman–Crippen MR) is 87.9 cm³/mol. The summed E-state index contributed by atoms with van der Waals surface area (Å²) in [5, 5.41) is 0. The van der Waals surface area contributed by atoms with Crippen molar-refractivity contribution < 1.29 is 9.00 Å². The molecule has 21 heavy (non-hydrogen) atoms. The molecule has 0 saturated heterocycles. The van der Waals surface area contributed by atoms with Crippen molar-refractivity contribution in [3.63, 3.8) is 0 Å². The van der Waals surface area contributed by atoms with Crippen LogP contribution in [0.25, 0.3) is 17.2 Å². The van der Waals surface area contributed by atoms with Crippen molar-refractivity contribution in [1.82, 2.24) is 0 Å². The van der Waals surface area contributed by atoms with Crippen molar-refractivity contribution in [2.45, 2.75) is 5.75 Å².